The summed E-state index contributed by atoms with van der Waals surface area (Å²) in [5.74, 6) is 2.83. The molecule has 1 heterocycles. The zero-order valence-electron chi connectivity index (χ0n) is 14.4. The topological polar surface area (TPSA) is 57.6 Å². The average Bonchev–Trinajstić information content (AvgIpc) is 3.12. The van der Waals surface area contributed by atoms with Crippen molar-refractivity contribution < 1.29 is 13.9 Å². The Bertz CT molecular complexity index is 991. The predicted molar refractivity (Wildman–Crippen MR) is 102 cm³/mol. The van der Waals surface area contributed by atoms with Gasteiger partial charge in [-0.05, 0) is 42.5 Å². The van der Waals surface area contributed by atoms with Gasteiger partial charge in [-0.15, -0.1) is 0 Å². The van der Waals surface area contributed by atoms with E-state index in [9.17, 15) is 0 Å². The first-order valence-corrected chi connectivity index (χ1v) is 8.39. The van der Waals surface area contributed by atoms with Crippen LogP contribution >= 0.6 is 0 Å². The van der Waals surface area contributed by atoms with E-state index in [4.69, 9.17) is 19.6 Å². The van der Waals surface area contributed by atoms with Gasteiger partial charge in [0.15, 0.2) is 0 Å². The van der Waals surface area contributed by atoms with E-state index in [1.807, 2.05) is 78.9 Å². The van der Waals surface area contributed by atoms with Crippen LogP contribution in [0.15, 0.2) is 83.3 Å². The molecular weight excluding hydrogens is 326 g/mol. The molecule has 1 aromatic heterocycles. The lowest BCUT2D eigenvalue weighted by Gasteiger charge is -2.15. The fourth-order valence-electron chi connectivity index (χ4n) is 2.95. The van der Waals surface area contributed by atoms with Crippen LogP contribution in [0.25, 0.3) is 11.0 Å². The third-order valence-corrected chi connectivity index (χ3v) is 4.27. The summed E-state index contributed by atoms with van der Waals surface area (Å²) in [5, 5.41) is 1.02. The third kappa shape index (κ3) is 3.15. The van der Waals surface area contributed by atoms with Crippen LogP contribution in [-0.4, -0.2) is 7.11 Å². The summed E-state index contributed by atoms with van der Waals surface area (Å²) in [6.07, 6.45) is 0. The molecule has 0 bridgehead atoms. The van der Waals surface area contributed by atoms with E-state index in [1.165, 1.54) is 0 Å². The van der Waals surface area contributed by atoms with Crippen molar-refractivity contribution >= 4 is 11.0 Å². The molecule has 1 unspecified atom stereocenters. The molecule has 4 rings (SSSR count). The molecule has 0 saturated carbocycles. The Labute approximate surface area is 151 Å². The summed E-state index contributed by atoms with van der Waals surface area (Å²) in [7, 11) is 1.63. The van der Waals surface area contributed by atoms with Crippen molar-refractivity contribution in [3.8, 4) is 17.2 Å². The number of furan rings is 1. The van der Waals surface area contributed by atoms with Gasteiger partial charge in [0.1, 0.15) is 28.6 Å². The number of rotatable bonds is 5. The van der Waals surface area contributed by atoms with E-state index >= 15 is 0 Å². The third-order valence-electron chi connectivity index (χ3n) is 4.27. The zero-order chi connectivity index (χ0) is 17.9. The molecule has 0 aliphatic carbocycles. The van der Waals surface area contributed by atoms with Crippen LogP contribution in [0.3, 0.4) is 0 Å². The normalized spacial score (nSPS) is 12.1. The summed E-state index contributed by atoms with van der Waals surface area (Å²) in [4.78, 5) is 0. The quantitative estimate of drug-likeness (QED) is 0.534. The summed E-state index contributed by atoms with van der Waals surface area (Å²) < 4.78 is 17.3. The second-order valence-electron chi connectivity index (χ2n) is 5.98. The maximum absolute atomic E-state index is 6.49. The van der Waals surface area contributed by atoms with Crippen LogP contribution in [0.2, 0.25) is 0 Å². The minimum absolute atomic E-state index is 0.461. The first kappa shape index (κ1) is 16.2. The van der Waals surface area contributed by atoms with Crippen LogP contribution < -0.4 is 15.2 Å². The van der Waals surface area contributed by atoms with Crippen LogP contribution in [0, 0.1) is 0 Å². The Kier molecular flexibility index (Phi) is 4.33. The number of para-hydroxylation sites is 2. The van der Waals surface area contributed by atoms with Crippen molar-refractivity contribution in [3.05, 3.63) is 90.2 Å². The van der Waals surface area contributed by atoms with Crippen LogP contribution in [0.5, 0.6) is 17.2 Å². The van der Waals surface area contributed by atoms with Gasteiger partial charge in [0, 0.05) is 10.9 Å². The fourth-order valence-corrected chi connectivity index (χ4v) is 2.95. The van der Waals surface area contributed by atoms with Crippen molar-refractivity contribution in [2.24, 2.45) is 5.73 Å². The number of benzene rings is 3. The van der Waals surface area contributed by atoms with E-state index < -0.39 is 6.04 Å². The molecule has 130 valence electrons. The highest BCUT2D eigenvalue weighted by Gasteiger charge is 2.19. The molecule has 0 amide bonds. The number of hydrogen-bond donors (Lipinski definition) is 1. The van der Waals surface area contributed by atoms with E-state index in [2.05, 4.69) is 0 Å². The fraction of sp³-hybridized carbons (Fsp3) is 0.0909. The number of ether oxygens (including phenoxy) is 2. The molecule has 1 atom stereocenters. The maximum atomic E-state index is 6.49. The number of fused-ring (bicyclic) bond motifs is 1. The Balaban J connectivity index is 1.70. The highest BCUT2D eigenvalue weighted by atomic mass is 16.5. The van der Waals surface area contributed by atoms with Crippen molar-refractivity contribution in [2.45, 2.75) is 6.04 Å². The summed E-state index contributed by atoms with van der Waals surface area (Å²) in [6, 6.07) is 24.6. The van der Waals surface area contributed by atoms with Gasteiger partial charge in [0.05, 0.1) is 13.2 Å². The maximum Gasteiger partial charge on any atom is 0.134 e. The first-order valence-electron chi connectivity index (χ1n) is 8.39. The molecule has 0 saturated heterocycles. The predicted octanol–water partition coefficient (Wildman–Crippen LogP) is 5.28. The molecule has 3 aromatic carbocycles. The molecule has 2 N–H and O–H groups in total. The number of nitrogens with two attached hydrogens (primary N) is 1. The molecule has 4 heteroatoms. The van der Waals surface area contributed by atoms with Crippen molar-refractivity contribution in [2.75, 3.05) is 7.11 Å². The van der Waals surface area contributed by atoms with Crippen molar-refractivity contribution in [1.82, 2.24) is 0 Å². The van der Waals surface area contributed by atoms with Crippen molar-refractivity contribution in [1.29, 1.82) is 0 Å². The number of methoxy groups -OCH3 is 1. The lowest BCUT2D eigenvalue weighted by molar-refractivity contribution is 0.402. The smallest absolute Gasteiger partial charge is 0.134 e. The Hall–Kier alpha value is -3.24. The average molecular weight is 345 g/mol. The summed E-state index contributed by atoms with van der Waals surface area (Å²) in [5.41, 5.74) is 8.11. The lowest BCUT2D eigenvalue weighted by Crippen LogP contribution is -2.12. The first-order chi connectivity index (χ1) is 12.7. The van der Waals surface area contributed by atoms with E-state index in [0.29, 0.717) is 17.3 Å². The Morgan fingerprint density at radius 1 is 0.846 bits per heavy atom. The standard InChI is InChI=1S/C22H19NO3/c1-24-20-12-11-17(25-16-8-3-2-4-9-16)14-18(20)22(23)21-13-15-7-5-6-10-19(15)26-21/h2-14,22H,23H2,1H3. The van der Waals surface area contributed by atoms with Gasteiger partial charge in [0.25, 0.3) is 0 Å². The lowest BCUT2D eigenvalue weighted by atomic mass is 10.0. The molecule has 0 fully saturated rings. The molecule has 0 spiro atoms. The van der Waals surface area contributed by atoms with Crippen LogP contribution in [-0.2, 0) is 0 Å². The highest BCUT2D eigenvalue weighted by Crippen LogP contribution is 2.35. The van der Waals surface area contributed by atoms with Gasteiger partial charge in [0.2, 0.25) is 0 Å². The molecule has 4 nitrogen and oxygen atoms in total. The Morgan fingerprint density at radius 3 is 2.38 bits per heavy atom. The van der Waals surface area contributed by atoms with Gasteiger partial charge in [-0.2, -0.15) is 0 Å². The van der Waals surface area contributed by atoms with Gasteiger partial charge in [-0.3, -0.25) is 0 Å². The zero-order valence-corrected chi connectivity index (χ0v) is 14.4. The molecule has 0 aliphatic rings. The molecule has 0 aliphatic heterocycles. The van der Waals surface area contributed by atoms with Crippen LogP contribution in [0.4, 0.5) is 0 Å². The van der Waals surface area contributed by atoms with Gasteiger partial charge < -0.3 is 19.6 Å². The van der Waals surface area contributed by atoms with Gasteiger partial charge in [-0.25, -0.2) is 0 Å². The second-order valence-corrected chi connectivity index (χ2v) is 5.98. The van der Waals surface area contributed by atoms with Gasteiger partial charge >= 0.3 is 0 Å². The molecule has 4 aromatic rings. The largest absolute Gasteiger partial charge is 0.496 e. The number of hydrogen-bond acceptors (Lipinski definition) is 4. The van der Waals surface area contributed by atoms with E-state index in [1.54, 1.807) is 7.11 Å². The van der Waals surface area contributed by atoms with E-state index in [0.717, 1.165) is 22.3 Å². The van der Waals surface area contributed by atoms with Crippen LogP contribution in [0.1, 0.15) is 17.4 Å². The summed E-state index contributed by atoms with van der Waals surface area (Å²) in [6.45, 7) is 0. The Morgan fingerprint density at radius 2 is 1.62 bits per heavy atom. The minimum atomic E-state index is -0.461. The molecular formula is C22H19NO3. The molecule has 26 heavy (non-hydrogen) atoms. The molecule has 0 radical (unpaired) electrons. The SMILES string of the molecule is COc1ccc(Oc2ccccc2)cc1C(N)c1cc2ccccc2o1. The monoisotopic (exact) mass is 345 g/mol. The summed E-state index contributed by atoms with van der Waals surface area (Å²) >= 11 is 0. The highest BCUT2D eigenvalue weighted by molar-refractivity contribution is 5.78. The second kappa shape index (κ2) is 6.94. The van der Waals surface area contributed by atoms with Crippen molar-refractivity contribution in [3.63, 3.8) is 0 Å². The minimum Gasteiger partial charge on any atom is -0.496 e. The van der Waals surface area contributed by atoms with Gasteiger partial charge in [-0.1, -0.05) is 36.4 Å². The van der Waals surface area contributed by atoms with E-state index in [-0.39, 0.29) is 0 Å².